The Bertz CT molecular complexity index is 516. The standard InChI is InChI=1S/C11H9N3/c1-2-4-10-8(3-1)5-11(14-10)9-6-12-13-7-9/h1-7,14H,(H,12,13). The number of hydrogen-bond acceptors (Lipinski definition) is 1. The van der Waals surface area contributed by atoms with E-state index in [0.29, 0.717) is 0 Å². The summed E-state index contributed by atoms with van der Waals surface area (Å²) in [5.41, 5.74) is 3.34. The molecule has 3 aromatic rings. The first kappa shape index (κ1) is 7.38. The Morgan fingerprint density at radius 3 is 2.86 bits per heavy atom. The number of nitrogens with zero attached hydrogens (tertiary/aromatic N) is 1. The summed E-state index contributed by atoms with van der Waals surface area (Å²) in [6, 6.07) is 10.3. The molecule has 1 aromatic carbocycles. The predicted molar refractivity (Wildman–Crippen MR) is 55.9 cm³/mol. The molecule has 0 bridgehead atoms. The molecular weight excluding hydrogens is 174 g/mol. The normalized spacial score (nSPS) is 10.9. The van der Waals surface area contributed by atoms with Gasteiger partial charge >= 0.3 is 0 Å². The molecule has 2 N–H and O–H groups in total. The molecule has 0 atom stereocenters. The lowest BCUT2D eigenvalue weighted by atomic mass is 10.2. The third kappa shape index (κ3) is 1.03. The number of H-pyrrole nitrogens is 2. The second kappa shape index (κ2) is 2.73. The van der Waals surface area contributed by atoms with Gasteiger partial charge in [0.05, 0.1) is 6.20 Å². The summed E-state index contributed by atoms with van der Waals surface area (Å²) in [7, 11) is 0. The third-order valence-corrected chi connectivity index (χ3v) is 2.34. The highest BCUT2D eigenvalue weighted by Gasteiger charge is 2.02. The van der Waals surface area contributed by atoms with Gasteiger partial charge in [0.1, 0.15) is 0 Å². The average molecular weight is 183 g/mol. The molecule has 14 heavy (non-hydrogen) atoms. The molecule has 68 valence electrons. The van der Waals surface area contributed by atoms with Gasteiger partial charge < -0.3 is 4.98 Å². The van der Waals surface area contributed by atoms with Crippen molar-refractivity contribution in [3.63, 3.8) is 0 Å². The summed E-state index contributed by atoms with van der Waals surface area (Å²) in [5.74, 6) is 0. The van der Waals surface area contributed by atoms with Crippen molar-refractivity contribution in [3.05, 3.63) is 42.7 Å². The van der Waals surface area contributed by atoms with Crippen LogP contribution in [-0.2, 0) is 0 Å². The molecule has 0 spiro atoms. The Morgan fingerprint density at radius 2 is 2.07 bits per heavy atom. The lowest BCUT2D eigenvalue weighted by Crippen LogP contribution is -1.70. The minimum Gasteiger partial charge on any atom is -0.354 e. The fourth-order valence-electron chi connectivity index (χ4n) is 1.63. The van der Waals surface area contributed by atoms with Crippen LogP contribution in [0.25, 0.3) is 22.2 Å². The van der Waals surface area contributed by atoms with Crippen molar-refractivity contribution in [1.82, 2.24) is 15.2 Å². The fourth-order valence-corrected chi connectivity index (χ4v) is 1.63. The largest absolute Gasteiger partial charge is 0.354 e. The van der Waals surface area contributed by atoms with Gasteiger partial charge in [0, 0.05) is 28.4 Å². The van der Waals surface area contributed by atoms with Crippen LogP contribution in [0, 0.1) is 0 Å². The number of para-hydroxylation sites is 1. The number of aromatic nitrogens is 3. The van der Waals surface area contributed by atoms with Crippen LogP contribution in [0.5, 0.6) is 0 Å². The molecule has 0 saturated carbocycles. The molecule has 0 aliphatic carbocycles. The monoisotopic (exact) mass is 183 g/mol. The molecule has 0 fully saturated rings. The van der Waals surface area contributed by atoms with Gasteiger partial charge in [0.15, 0.2) is 0 Å². The Hall–Kier alpha value is -2.03. The first-order chi connectivity index (χ1) is 6.93. The molecule has 0 amide bonds. The molecule has 0 saturated heterocycles. The second-order valence-electron chi connectivity index (χ2n) is 3.26. The van der Waals surface area contributed by atoms with Crippen molar-refractivity contribution < 1.29 is 0 Å². The number of benzene rings is 1. The Labute approximate surface area is 80.8 Å². The van der Waals surface area contributed by atoms with Crippen LogP contribution in [0.15, 0.2) is 42.7 Å². The summed E-state index contributed by atoms with van der Waals surface area (Å²) in [5, 5.41) is 7.95. The summed E-state index contributed by atoms with van der Waals surface area (Å²) in [6.07, 6.45) is 3.69. The van der Waals surface area contributed by atoms with Crippen molar-refractivity contribution in [2.45, 2.75) is 0 Å². The van der Waals surface area contributed by atoms with Crippen molar-refractivity contribution in [2.75, 3.05) is 0 Å². The SMILES string of the molecule is c1ccc2[nH]c(-c3cn[nH]c3)cc2c1. The first-order valence-corrected chi connectivity index (χ1v) is 4.50. The fraction of sp³-hybridized carbons (Fsp3) is 0. The van der Waals surface area contributed by atoms with E-state index >= 15 is 0 Å². The number of aromatic amines is 2. The Morgan fingerprint density at radius 1 is 1.14 bits per heavy atom. The van der Waals surface area contributed by atoms with Crippen molar-refractivity contribution >= 4 is 10.9 Å². The summed E-state index contributed by atoms with van der Waals surface area (Å²) in [4.78, 5) is 3.34. The molecule has 0 unspecified atom stereocenters. The molecule has 2 aromatic heterocycles. The summed E-state index contributed by atoms with van der Waals surface area (Å²) >= 11 is 0. The van der Waals surface area contributed by atoms with Gasteiger partial charge in [-0.25, -0.2) is 0 Å². The average Bonchev–Trinajstić information content (AvgIpc) is 2.86. The van der Waals surface area contributed by atoms with Gasteiger partial charge in [-0.15, -0.1) is 0 Å². The van der Waals surface area contributed by atoms with Gasteiger partial charge in [-0.1, -0.05) is 18.2 Å². The van der Waals surface area contributed by atoms with Gasteiger partial charge in [0.25, 0.3) is 0 Å². The quantitative estimate of drug-likeness (QED) is 0.598. The zero-order chi connectivity index (χ0) is 9.38. The molecule has 3 heteroatoms. The van der Waals surface area contributed by atoms with E-state index in [1.807, 2.05) is 24.5 Å². The number of hydrogen-bond donors (Lipinski definition) is 2. The molecule has 0 aliphatic heterocycles. The van der Waals surface area contributed by atoms with E-state index in [4.69, 9.17) is 0 Å². The van der Waals surface area contributed by atoms with Gasteiger partial charge in [-0.3, -0.25) is 5.10 Å². The minimum atomic E-state index is 1.08. The van der Waals surface area contributed by atoms with Gasteiger partial charge in [0.2, 0.25) is 0 Å². The lowest BCUT2D eigenvalue weighted by Gasteiger charge is -1.87. The lowest BCUT2D eigenvalue weighted by molar-refractivity contribution is 1.09. The topological polar surface area (TPSA) is 44.5 Å². The maximum atomic E-state index is 3.92. The van der Waals surface area contributed by atoms with Crippen LogP contribution in [0.4, 0.5) is 0 Å². The summed E-state index contributed by atoms with van der Waals surface area (Å²) < 4.78 is 0. The van der Waals surface area contributed by atoms with E-state index in [-0.39, 0.29) is 0 Å². The van der Waals surface area contributed by atoms with Crippen LogP contribution in [0.1, 0.15) is 0 Å². The molecule has 3 rings (SSSR count). The highest BCUT2D eigenvalue weighted by atomic mass is 15.1. The number of fused-ring (bicyclic) bond motifs is 1. The van der Waals surface area contributed by atoms with Crippen molar-refractivity contribution in [1.29, 1.82) is 0 Å². The van der Waals surface area contributed by atoms with E-state index in [2.05, 4.69) is 33.4 Å². The minimum absolute atomic E-state index is 1.08. The van der Waals surface area contributed by atoms with E-state index in [1.54, 1.807) is 0 Å². The molecule has 3 nitrogen and oxygen atoms in total. The van der Waals surface area contributed by atoms with Crippen molar-refractivity contribution in [3.8, 4) is 11.3 Å². The predicted octanol–water partition coefficient (Wildman–Crippen LogP) is 2.56. The highest BCUT2D eigenvalue weighted by Crippen LogP contribution is 2.22. The summed E-state index contributed by atoms with van der Waals surface area (Å²) in [6.45, 7) is 0. The smallest absolute Gasteiger partial charge is 0.0580 e. The molecular formula is C11H9N3. The maximum absolute atomic E-state index is 3.92. The van der Waals surface area contributed by atoms with E-state index < -0.39 is 0 Å². The van der Waals surface area contributed by atoms with E-state index in [0.717, 1.165) is 16.8 Å². The molecule has 2 heterocycles. The van der Waals surface area contributed by atoms with E-state index in [9.17, 15) is 0 Å². The molecule has 0 aliphatic rings. The number of nitrogens with one attached hydrogen (secondary N) is 2. The van der Waals surface area contributed by atoms with Crippen LogP contribution in [0.2, 0.25) is 0 Å². The zero-order valence-electron chi connectivity index (χ0n) is 7.49. The van der Waals surface area contributed by atoms with Gasteiger partial charge in [-0.2, -0.15) is 5.10 Å². The van der Waals surface area contributed by atoms with Crippen LogP contribution in [-0.4, -0.2) is 15.2 Å². The second-order valence-corrected chi connectivity index (χ2v) is 3.26. The highest BCUT2D eigenvalue weighted by molar-refractivity contribution is 5.85. The maximum Gasteiger partial charge on any atom is 0.0580 e. The number of rotatable bonds is 1. The first-order valence-electron chi connectivity index (χ1n) is 4.50. The Kier molecular flexibility index (Phi) is 1.44. The third-order valence-electron chi connectivity index (χ3n) is 2.34. The van der Waals surface area contributed by atoms with Crippen LogP contribution >= 0.6 is 0 Å². The Balaban J connectivity index is 2.24. The zero-order valence-corrected chi connectivity index (χ0v) is 7.49. The van der Waals surface area contributed by atoms with Crippen LogP contribution < -0.4 is 0 Å². The van der Waals surface area contributed by atoms with Crippen molar-refractivity contribution in [2.24, 2.45) is 0 Å². The van der Waals surface area contributed by atoms with E-state index in [1.165, 1.54) is 5.39 Å². The van der Waals surface area contributed by atoms with Crippen LogP contribution in [0.3, 0.4) is 0 Å². The molecule has 0 radical (unpaired) electrons. The van der Waals surface area contributed by atoms with Gasteiger partial charge in [-0.05, 0) is 12.1 Å².